The topological polar surface area (TPSA) is 92.4 Å². The van der Waals surface area contributed by atoms with Gasteiger partial charge in [-0.05, 0) is 18.2 Å². The van der Waals surface area contributed by atoms with E-state index in [0.29, 0.717) is 10.1 Å². The molecule has 0 aliphatic heterocycles. The number of anilines is 1. The van der Waals surface area contributed by atoms with Crippen molar-refractivity contribution >= 4 is 40.1 Å². The molecule has 2 amide bonds. The number of aromatic hydroxyl groups is 1. The maximum absolute atomic E-state index is 11.1. The number of nitrogens with two attached hydrogens (primary N) is 1. The van der Waals surface area contributed by atoms with Crippen LogP contribution in [0.4, 0.5) is 5.69 Å². The minimum atomic E-state index is -0.738. The van der Waals surface area contributed by atoms with Gasteiger partial charge in [-0.25, -0.2) is 0 Å². The molecule has 1 rings (SSSR count). The summed E-state index contributed by atoms with van der Waals surface area (Å²) in [7, 11) is 0. The van der Waals surface area contributed by atoms with Crippen LogP contribution in [-0.2, 0) is 4.79 Å². The molecule has 0 fully saturated rings. The van der Waals surface area contributed by atoms with E-state index >= 15 is 0 Å². The summed E-state index contributed by atoms with van der Waals surface area (Å²) in [6.45, 7) is 0. The van der Waals surface area contributed by atoms with Crippen molar-refractivity contribution in [1.82, 2.24) is 0 Å². The molecule has 0 aromatic heterocycles. The molecule has 15 heavy (non-hydrogen) atoms. The van der Waals surface area contributed by atoms with E-state index in [0.717, 1.165) is 0 Å². The molecule has 0 saturated carbocycles. The summed E-state index contributed by atoms with van der Waals surface area (Å²) in [6.07, 6.45) is 0. The largest absolute Gasteiger partial charge is 0.507 e. The van der Waals surface area contributed by atoms with Gasteiger partial charge in [0.05, 0.1) is 9.99 Å². The quantitative estimate of drug-likeness (QED) is 0.438. The first-order valence-electron chi connectivity index (χ1n) is 4.03. The molecule has 0 unspecified atom stereocenters. The summed E-state index contributed by atoms with van der Waals surface area (Å²) in [5.74, 6) is -1.12. The van der Waals surface area contributed by atoms with E-state index in [-0.39, 0.29) is 17.2 Å². The molecule has 1 aromatic rings. The predicted molar refractivity (Wildman–Crippen MR) is 64.1 cm³/mol. The molecule has 0 radical (unpaired) electrons. The summed E-state index contributed by atoms with van der Waals surface area (Å²) in [5, 5.41) is 11.8. The van der Waals surface area contributed by atoms with Crippen molar-refractivity contribution in [2.24, 2.45) is 5.73 Å². The molecule has 6 heteroatoms. The fourth-order valence-electron chi connectivity index (χ4n) is 1.01. The molecular formula is C9H9IN2O3. The minimum absolute atomic E-state index is 0.0127. The normalized spacial score (nSPS) is 9.67. The number of halogens is 1. The number of nitrogens with one attached hydrogen (secondary N) is 1. The predicted octanol–water partition coefficient (Wildman–Crippen LogP) is 0.865. The standard InChI is InChI=1S/C9H9IN2O3/c10-4-8(14)12-5-1-2-7(13)6(3-5)9(11)15/h1-3,13H,4H2,(H2,11,15)(H,12,14). The van der Waals surface area contributed by atoms with Crippen LogP contribution in [0.1, 0.15) is 10.4 Å². The summed E-state index contributed by atoms with van der Waals surface area (Å²) >= 11 is 1.92. The summed E-state index contributed by atoms with van der Waals surface area (Å²) in [4.78, 5) is 21.9. The molecule has 0 aliphatic carbocycles. The Bertz CT molecular complexity index is 406. The Morgan fingerprint density at radius 2 is 2.13 bits per heavy atom. The van der Waals surface area contributed by atoms with Crippen LogP contribution in [0.5, 0.6) is 5.75 Å². The first-order chi connectivity index (χ1) is 7.04. The smallest absolute Gasteiger partial charge is 0.252 e. The molecule has 0 saturated heterocycles. The van der Waals surface area contributed by atoms with E-state index in [1.54, 1.807) is 0 Å². The molecule has 1 aromatic carbocycles. The maximum Gasteiger partial charge on any atom is 0.252 e. The van der Waals surface area contributed by atoms with Gasteiger partial charge in [0.2, 0.25) is 5.91 Å². The van der Waals surface area contributed by atoms with Crippen molar-refractivity contribution in [3.05, 3.63) is 23.8 Å². The monoisotopic (exact) mass is 320 g/mol. The number of primary amides is 1. The van der Waals surface area contributed by atoms with Crippen molar-refractivity contribution in [2.45, 2.75) is 0 Å². The Balaban J connectivity index is 2.97. The van der Waals surface area contributed by atoms with E-state index in [1.807, 2.05) is 22.6 Å². The van der Waals surface area contributed by atoms with Crippen molar-refractivity contribution in [3.63, 3.8) is 0 Å². The first-order valence-corrected chi connectivity index (χ1v) is 5.55. The Morgan fingerprint density at radius 1 is 1.47 bits per heavy atom. The third-order valence-corrected chi connectivity index (χ3v) is 2.36. The highest BCUT2D eigenvalue weighted by molar-refractivity contribution is 14.1. The molecule has 0 atom stereocenters. The van der Waals surface area contributed by atoms with Gasteiger partial charge in [-0.3, -0.25) is 9.59 Å². The highest BCUT2D eigenvalue weighted by Crippen LogP contribution is 2.20. The lowest BCUT2D eigenvalue weighted by molar-refractivity contribution is -0.113. The Labute approximate surface area is 99.8 Å². The molecule has 5 nitrogen and oxygen atoms in total. The summed E-state index contributed by atoms with van der Waals surface area (Å²) < 4.78 is 0.310. The number of phenols is 1. The number of hydrogen-bond acceptors (Lipinski definition) is 3. The lowest BCUT2D eigenvalue weighted by Crippen LogP contribution is -2.15. The second-order valence-corrected chi connectivity index (χ2v) is 3.54. The molecule has 0 heterocycles. The fraction of sp³-hybridized carbons (Fsp3) is 0.111. The molecule has 0 spiro atoms. The first kappa shape index (κ1) is 11.8. The molecular weight excluding hydrogens is 311 g/mol. The maximum atomic E-state index is 11.1. The number of carbonyl (C=O) groups is 2. The average Bonchev–Trinajstić information content (AvgIpc) is 2.20. The lowest BCUT2D eigenvalue weighted by atomic mass is 10.1. The number of hydrogen-bond donors (Lipinski definition) is 3. The van der Waals surface area contributed by atoms with Crippen molar-refractivity contribution < 1.29 is 14.7 Å². The third kappa shape index (κ3) is 3.08. The number of amides is 2. The second-order valence-electron chi connectivity index (χ2n) is 2.78. The van der Waals surface area contributed by atoms with Crippen LogP contribution < -0.4 is 11.1 Å². The Hall–Kier alpha value is -1.31. The van der Waals surface area contributed by atoms with Crippen LogP contribution in [0.25, 0.3) is 0 Å². The van der Waals surface area contributed by atoms with Gasteiger partial charge in [-0.1, -0.05) is 22.6 Å². The van der Waals surface area contributed by atoms with Crippen molar-refractivity contribution in [3.8, 4) is 5.75 Å². The van der Waals surface area contributed by atoms with Crippen LogP contribution in [0.3, 0.4) is 0 Å². The van der Waals surface area contributed by atoms with Crippen LogP contribution >= 0.6 is 22.6 Å². The molecule has 4 N–H and O–H groups in total. The number of rotatable bonds is 3. The fourth-order valence-corrected chi connectivity index (χ4v) is 1.20. The van der Waals surface area contributed by atoms with Crippen LogP contribution in [0, 0.1) is 0 Å². The van der Waals surface area contributed by atoms with Crippen molar-refractivity contribution in [1.29, 1.82) is 0 Å². The lowest BCUT2D eigenvalue weighted by Gasteiger charge is -2.05. The van der Waals surface area contributed by atoms with Gasteiger partial charge < -0.3 is 16.2 Å². The third-order valence-electron chi connectivity index (χ3n) is 1.67. The number of benzene rings is 1. The van der Waals surface area contributed by atoms with E-state index in [9.17, 15) is 14.7 Å². The number of carbonyl (C=O) groups excluding carboxylic acids is 2. The number of alkyl halides is 1. The SMILES string of the molecule is NC(=O)c1cc(NC(=O)CI)ccc1O. The highest BCUT2D eigenvalue weighted by Gasteiger charge is 2.09. The van der Waals surface area contributed by atoms with Gasteiger partial charge in [0.1, 0.15) is 5.75 Å². The zero-order chi connectivity index (χ0) is 11.4. The van der Waals surface area contributed by atoms with E-state index < -0.39 is 5.91 Å². The second kappa shape index (κ2) is 4.96. The van der Waals surface area contributed by atoms with E-state index in [2.05, 4.69) is 5.32 Å². The van der Waals surface area contributed by atoms with E-state index in [1.165, 1.54) is 18.2 Å². The zero-order valence-corrected chi connectivity index (χ0v) is 9.82. The van der Waals surface area contributed by atoms with Gasteiger partial charge in [0, 0.05) is 5.69 Å². The van der Waals surface area contributed by atoms with Crippen LogP contribution in [0.2, 0.25) is 0 Å². The molecule has 80 valence electrons. The summed E-state index contributed by atoms with van der Waals surface area (Å²) in [5.41, 5.74) is 5.45. The van der Waals surface area contributed by atoms with Gasteiger partial charge in [-0.2, -0.15) is 0 Å². The summed E-state index contributed by atoms with van der Waals surface area (Å²) in [6, 6.07) is 4.14. The van der Waals surface area contributed by atoms with Crippen LogP contribution in [0.15, 0.2) is 18.2 Å². The Kier molecular flexibility index (Phi) is 3.89. The van der Waals surface area contributed by atoms with Gasteiger partial charge in [0.15, 0.2) is 0 Å². The van der Waals surface area contributed by atoms with E-state index in [4.69, 9.17) is 5.73 Å². The van der Waals surface area contributed by atoms with Crippen molar-refractivity contribution in [2.75, 3.05) is 9.74 Å². The minimum Gasteiger partial charge on any atom is -0.507 e. The molecule has 0 bridgehead atoms. The van der Waals surface area contributed by atoms with Gasteiger partial charge >= 0.3 is 0 Å². The highest BCUT2D eigenvalue weighted by atomic mass is 127. The van der Waals surface area contributed by atoms with Gasteiger partial charge in [-0.15, -0.1) is 0 Å². The van der Waals surface area contributed by atoms with Crippen LogP contribution in [-0.4, -0.2) is 21.3 Å². The zero-order valence-electron chi connectivity index (χ0n) is 7.66. The van der Waals surface area contributed by atoms with Gasteiger partial charge in [0.25, 0.3) is 5.91 Å². The Morgan fingerprint density at radius 3 is 2.67 bits per heavy atom. The molecule has 0 aliphatic rings. The average molecular weight is 320 g/mol.